The highest BCUT2D eigenvalue weighted by Gasteiger charge is 2.12. The van der Waals surface area contributed by atoms with Gasteiger partial charge in [-0.3, -0.25) is 4.18 Å². The molecule has 0 heterocycles. The third kappa shape index (κ3) is 6.76. The van der Waals surface area contributed by atoms with Crippen LogP contribution in [0.5, 0.6) is 0 Å². The summed E-state index contributed by atoms with van der Waals surface area (Å²) in [5.41, 5.74) is 0. The number of ether oxygens (including phenoxy) is 1. The van der Waals surface area contributed by atoms with Gasteiger partial charge in [0, 0.05) is 12.5 Å². The Labute approximate surface area is 85.6 Å². The molecule has 0 N–H and O–H groups in total. The van der Waals surface area contributed by atoms with Gasteiger partial charge in [0.05, 0.1) is 11.4 Å². The zero-order chi connectivity index (χ0) is 11.0. The molecule has 0 aliphatic carbocycles. The normalized spacial score (nSPS) is 14.4. The second-order valence-electron chi connectivity index (χ2n) is 2.51. The van der Waals surface area contributed by atoms with Crippen molar-refractivity contribution in [1.82, 2.24) is 0 Å². The molecule has 2 atom stereocenters. The van der Waals surface area contributed by atoms with Crippen molar-refractivity contribution in [1.29, 1.82) is 0 Å². The largest absolute Gasteiger partial charge is 0.750 e. The second-order valence-corrected chi connectivity index (χ2v) is 3.11. The number of unbranched alkanes of at least 4 members (excludes halogenated alkanes) is 1. The zero-order valence-corrected chi connectivity index (χ0v) is 8.75. The van der Waals surface area contributed by atoms with E-state index in [0.29, 0.717) is 12.8 Å². The van der Waals surface area contributed by atoms with Gasteiger partial charge >= 0.3 is 5.97 Å². The summed E-state index contributed by atoms with van der Waals surface area (Å²) < 4.78 is 29.4. The van der Waals surface area contributed by atoms with Crippen molar-refractivity contribution in [3.05, 3.63) is 12.7 Å². The Morgan fingerprint density at radius 1 is 1.71 bits per heavy atom. The van der Waals surface area contributed by atoms with Crippen LogP contribution in [-0.4, -0.2) is 21.0 Å². The number of esters is 1. The van der Waals surface area contributed by atoms with Gasteiger partial charge in [0.2, 0.25) is 6.29 Å². The van der Waals surface area contributed by atoms with Gasteiger partial charge in [0.1, 0.15) is 0 Å². The van der Waals surface area contributed by atoms with Crippen LogP contribution in [0.25, 0.3) is 0 Å². The van der Waals surface area contributed by atoms with E-state index in [-0.39, 0.29) is 0 Å². The highest BCUT2D eigenvalue weighted by Crippen LogP contribution is 2.08. The van der Waals surface area contributed by atoms with Crippen molar-refractivity contribution in [2.75, 3.05) is 0 Å². The van der Waals surface area contributed by atoms with E-state index in [0.717, 1.165) is 12.5 Å². The summed E-state index contributed by atoms with van der Waals surface area (Å²) >= 11 is -2.68. The molecule has 0 aromatic rings. The molecule has 2 unspecified atom stereocenters. The molecule has 14 heavy (non-hydrogen) atoms. The van der Waals surface area contributed by atoms with Gasteiger partial charge in [0.15, 0.2) is 0 Å². The van der Waals surface area contributed by atoms with Crippen molar-refractivity contribution in [3.8, 4) is 0 Å². The Kier molecular flexibility index (Phi) is 7.27. The van der Waals surface area contributed by atoms with E-state index in [1.807, 2.05) is 6.92 Å². The summed E-state index contributed by atoms with van der Waals surface area (Å²) in [7, 11) is 0. The van der Waals surface area contributed by atoms with E-state index < -0.39 is 23.6 Å². The Morgan fingerprint density at radius 2 is 2.36 bits per heavy atom. The molecule has 0 aromatic heterocycles. The molecule has 0 aromatic carbocycles. The average molecular weight is 221 g/mol. The van der Waals surface area contributed by atoms with Gasteiger partial charge in [-0.2, -0.15) is 0 Å². The smallest absolute Gasteiger partial charge is 0.332 e. The third-order valence-electron chi connectivity index (χ3n) is 1.39. The maximum Gasteiger partial charge on any atom is 0.332 e. The van der Waals surface area contributed by atoms with E-state index >= 15 is 0 Å². The van der Waals surface area contributed by atoms with Crippen LogP contribution in [0.3, 0.4) is 0 Å². The molecular formula is C8H13O5S-. The van der Waals surface area contributed by atoms with Gasteiger partial charge in [-0.15, -0.1) is 0 Å². The average Bonchev–Trinajstić information content (AvgIpc) is 2.13. The molecule has 0 radical (unpaired) electrons. The Morgan fingerprint density at radius 3 is 2.79 bits per heavy atom. The molecule has 0 saturated heterocycles. The summed E-state index contributed by atoms with van der Waals surface area (Å²) in [4.78, 5) is 10.7. The third-order valence-corrected chi connectivity index (χ3v) is 1.77. The van der Waals surface area contributed by atoms with Gasteiger partial charge in [-0.25, -0.2) is 9.00 Å². The second kappa shape index (κ2) is 7.66. The number of carbonyl (C=O) groups excluding carboxylic acids is 1. The number of hydrogen-bond donors (Lipinski definition) is 0. The van der Waals surface area contributed by atoms with Gasteiger partial charge in [-0.05, 0) is 6.42 Å². The van der Waals surface area contributed by atoms with Crippen LogP contribution in [0, 0.1) is 0 Å². The molecule has 0 amide bonds. The van der Waals surface area contributed by atoms with E-state index in [9.17, 15) is 13.6 Å². The predicted molar refractivity (Wildman–Crippen MR) is 49.6 cm³/mol. The van der Waals surface area contributed by atoms with Crippen molar-refractivity contribution in [2.45, 2.75) is 32.5 Å². The fourth-order valence-electron chi connectivity index (χ4n) is 0.763. The van der Waals surface area contributed by atoms with E-state index in [2.05, 4.69) is 15.5 Å². The standard InChI is InChI=1S/C8H14O5S/c1-3-5-6-8(13-14(10)11)12-7(9)4-2/h4,8H,2-3,5-6H2,1H3,(H,10,11)/p-1. The molecule has 5 nitrogen and oxygen atoms in total. The van der Waals surface area contributed by atoms with Crippen molar-refractivity contribution >= 4 is 17.3 Å². The summed E-state index contributed by atoms with van der Waals surface area (Å²) in [6, 6.07) is 0. The number of carbonyl (C=O) groups is 1. The van der Waals surface area contributed by atoms with Crippen molar-refractivity contribution < 1.29 is 22.5 Å². The fourth-order valence-corrected chi connectivity index (χ4v) is 1.07. The number of hydrogen-bond acceptors (Lipinski definition) is 5. The maximum atomic E-state index is 10.7. The predicted octanol–water partition coefficient (Wildman–Crippen LogP) is 1.04. The molecule has 6 heteroatoms. The number of rotatable bonds is 7. The molecular weight excluding hydrogens is 208 g/mol. The van der Waals surface area contributed by atoms with Crippen LogP contribution < -0.4 is 0 Å². The highest BCUT2D eigenvalue weighted by atomic mass is 32.2. The lowest BCUT2D eigenvalue weighted by molar-refractivity contribution is -0.157. The SMILES string of the molecule is C=CC(=O)OC(CCCC)OS(=O)[O-]. The summed E-state index contributed by atoms with van der Waals surface area (Å²) in [5, 5.41) is 0. The fraction of sp³-hybridized carbons (Fsp3) is 0.625. The van der Waals surface area contributed by atoms with Crippen molar-refractivity contribution in [3.63, 3.8) is 0 Å². The molecule has 0 bridgehead atoms. The van der Waals surface area contributed by atoms with E-state index in [4.69, 9.17) is 0 Å². The Hall–Kier alpha value is -0.720. The quantitative estimate of drug-likeness (QED) is 0.278. The molecule has 0 spiro atoms. The molecule has 0 aliphatic heterocycles. The zero-order valence-electron chi connectivity index (χ0n) is 7.93. The molecule has 0 saturated carbocycles. The van der Waals surface area contributed by atoms with E-state index in [1.165, 1.54) is 0 Å². The monoisotopic (exact) mass is 221 g/mol. The first kappa shape index (κ1) is 13.3. The van der Waals surface area contributed by atoms with Crippen LogP contribution in [0.15, 0.2) is 12.7 Å². The lowest BCUT2D eigenvalue weighted by atomic mass is 10.2. The van der Waals surface area contributed by atoms with Crippen LogP contribution in [0.4, 0.5) is 0 Å². The first-order valence-corrected chi connectivity index (χ1v) is 5.19. The Balaban J connectivity index is 4.02. The van der Waals surface area contributed by atoms with Gasteiger partial charge in [-0.1, -0.05) is 19.9 Å². The molecule has 82 valence electrons. The molecule has 0 rings (SSSR count). The minimum absolute atomic E-state index is 0.351. The van der Waals surface area contributed by atoms with Crippen LogP contribution in [-0.2, 0) is 25.1 Å². The summed E-state index contributed by atoms with van der Waals surface area (Å²) in [6.07, 6.45) is 1.84. The van der Waals surface area contributed by atoms with Gasteiger partial charge < -0.3 is 9.29 Å². The summed E-state index contributed by atoms with van der Waals surface area (Å²) in [5.74, 6) is -0.698. The van der Waals surface area contributed by atoms with Gasteiger partial charge in [0.25, 0.3) is 0 Å². The molecule has 0 fully saturated rings. The first-order valence-electron chi connectivity index (χ1n) is 4.19. The van der Waals surface area contributed by atoms with Crippen LogP contribution in [0.2, 0.25) is 0 Å². The highest BCUT2D eigenvalue weighted by molar-refractivity contribution is 7.74. The lowest BCUT2D eigenvalue weighted by Gasteiger charge is -2.17. The lowest BCUT2D eigenvalue weighted by Crippen LogP contribution is -2.21. The minimum Gasteiger partial charge on any atom is -0.750 e. The molecule has 0 aliphatic rings. The summed E-state index contributed by atoms with van der Waals surface area (Å²) in [6.45, 7) is 5.12. The van der Waals surface area contributed by atoms with Crippen LogP contribution in [0.1, 0.15) is 26.2 Å². The topological polar surface area (TPSA) is 75.7 Å². The van der Waals surface area contributed by atoms with Crippen LogP contribution >= 0.6 is 0 Å². The minimum atomic E-state index is -2.68. The van der Waals surface area contributed by atoms with Crippen molar-refractivity contribution in [2.24, 2.45) is 0 Å². The Bertz CT molecular complexity index is 216. The first-order chi connectivity index (χ1) is 6.60. The maximum absolute atomic E-state index is 10.7. The van der Waals surface area contributed by atoms with E-state index in [1.54, 1.807) is 0 Å².